The van der Waals surface area contributed by atoms with E-state index in [9.17, 15) is 4.79 Å². The SMILES string of the molecule is CCOc1cc(CNC(C)c2ccccc2)c(Br)cc1OCC(=O)Nc1ccc(C)cc1. The van der Waals surface area contributed by atoms with Crippen LogP contribution in [0.5, 0.6) is 11.5 Å². The minimum atomic E-state index is -0.227. The van der Waals surface area contributed by atoms with Crippen molar-refractivity contribution < 1.29 is 14.3 Å². The van der Waals surface area contributed by atoms with Gasteiger partial charge in [-0.05, 0) is 56.2 Å². The minimum Gasteiger partial charge on any atom is -0.490 e. The molecule has 0 radical (unpaired) electrons. The van der Waals surface area contributed by atoms with E-state index in [1.165, 1.54) is 5.56 Å². The molecule has 0 bridgehead atoms. The lowest BCUT2D eigenvalue weighted by Crippen LogP contribution is -2.20. The predicted molar refractivity (Wildman–Crippen MR) is 132 cm³/mol. The summed E-state index contributed by atoms with van der Waals surface area (Å²) in [6, 6.07) is 22.0. The van der Waals surface area contributed by atoms with Gasteiger partial charge in [-0.15, -0.1) is 0 Å². The fraction of sp³-hybridized carbons (Fsp3) is 0.269. The van der Waals surface area contributed by atoms with Gasteiger partial charge in [-0.3, -0.25) is 4.79 Å². The van der Waals surface area contributed by atoms with Gasteiger partial charge >= 0.3 is 0 Å². The van der Waals surface area contributed by atoms with E-state index in [4.69, 9.17) is 9.47 Å². The number of nitrogens with one attached hydrogen (secondary N) is 2. The molecule has 1 amide bonds. The maximum atomic E-state index is 12.3. The van der Waals surface area contributed by atoms with Crippen LogP contribution in [0.15, 0.2) is 71.2 Å². The average Bonchev–Trinajstić information content (AvgIpc) is 2.80. The highest BCUT2D eigenvalue weighted by atomic mass is 79.9. The fourth-order valence-corrected chi connectivity index (χ4v) is 3.66. The van der Waals surface area contributed by atoms with Crippen molar-refractivity contribution in [2.24, 2.45) is 0 Å². The molecule has 5 nitrogen and oxygen atoms in total. The number of hydrogen-bond acceptors (Lipinski definition) is 4. The van der Waals surface area contributed by atoms with Crippen LogP contribution in [0.2, 0.25) is 0 Å². The van der Waals surface area contributed by atoms with Crippen molar-refractivity contribution >= 4 is 27.5 Å². The number of aryl methyl sites for hydroxylation is 1. The topological polar surface area (TPSA) is 59.6 Å². The smallest absolute Gasteiger partial charge is 0.262 e. The Kier molecular flexibility index (Phi) is 8.71. The third-order valence-corrected chi connectivity index (χ3v) is 5.74. The first-order valence-electron chi connectivity index (χ1n) is 10.7. The Labute approximate surface area is 198 Å². The number of ether oxygens (including phenoxy) is 2. The molecular weight excluding hydrogens is 468 g/mol. The number of carbonyl (C=O) groups excluding carboxylic acids is 1. The van der Waals surface area contributed by atoms with Crippen LogP contribution in [0, 0.1) is 6.92 Å². The molecule has 3 aromatic rings. The Morgan fingerprint density at radius 3 is 2.38 bits per heavy atom. The first kappa shape index (κ1) is 23.8. The van der Waals surface area contributed by atoms with Crippen molar-refractivity contribution in [1.82, 2.24) is 5.32 Å². The molecule has 0 saturated carbocycles. The van der Waals surface area contributed by atoms with E-state index in [2.05, 4.69) is 45.6 Å². The van der Waals surface area contributed by atoms with Gasteiger partial charge in [0.15, 0.2) is 18.1 Å². The van der Waals surface area contributed by atoms with E-state index in [1.54, 1.807) is 0 Å². The maximum Gasteiger partial charge on any atom is 0.262 e. The lowest BCUT2D eigenvalue weighted by atomic mass is 10.1. The molecule has 0 saturated heterocycles. The van der Waals surface area contributed by atoms with Crippen molar-refractivity contribution in [2.45, 2.75) is 33.4 Å². The first-order chi connectivity index (χ1) is 15.5. The molecule has 0 aliphatic carbocycles. The maximum absolute atomic E-state index is 12.3. The number of anilines is 1. The van der Waals surface area contributed by atoms with E-state index in [1.807, 2.05) is 68.4 Å². The van der Waals surface area contributed by atoms with Gasteiger partial charge in [-0.25, -0.2) is 0 Å². The van der Waals surface area contributed by atoms with Gasteiger partial charge in [-0.1, -0.05) is 64.0 Å². The van der Waals surface area contributed by atoms with Gasteiger partial charge in [-0.2, -0.15) is 0 Å². The van der Waals surface area contributed by atoms with Gasteiger partial charge in [0.2, 0.25) is 0 Å². The van der Waals surface area contributed by atoms with E-state index in [-0.39, 0.29) is 18.6 Å². The monoisotopic (exact) mass is 496 g/mol. The van der Waals surface area contributed by atoms with E-state index >= 15 is 0 Å². The van der Waals surface area contributed by atoms with Crippen LogP contribution in [0.4, 0.5) is 5.69 Å². The summed E-state index contributed by atoms with van der Waals surface area (Å²) in [5, 5.41) is 6.37. The fourth-order valence-electron chi connectivity index (χ4n) is 3.19. The standard InChI is InChI=1S/C26H29BrN2O3/c1-4-31-24-14-21(16-28-19(3)20-8-6-5-7-9-20)23(27)15-25(24)32-17-26(30)29-22-12-10-18(2)11-13-22/h5-15,19,28H,4,16-17H2,1-3H3,(H,29,30). The van der Waals surface area contributed by atoms with Gasteiger partial charge in [0, 0.05) is 22.7 Å². The number of carbonyl (C=O) groups is 1. The molecule has 1 atom stereocenters. The lowest BCUT2D eigenvalue weighted by Gasteiger charge is -2.18. The van der Waals surface area contributed by atoms with Crippen LogP contribution in [-0.2, 0) is 11.3 Å². The Bertz CT molecular complexity index is 1020. The number of hydrogen-bond donors (Lipinski definition) is 2. The van der Waals surface area contributed by atoms with Crippen LogP contribution in [0.3, 0.4) is 0 Å². The molecule has 1 unspecified atom stereocenters. The number of benzene rings is 3. The third-order valence-electron chi connectivity index (χ3n) is 5.00. The molecule has 2 N–H and O–H groups in total. The molecule has 3 rings (SSSR count). The molecule has 0 aliphatic rings. The summed E-state index contributed by atoms with van der Waals surface area (Å²) in [5.74, 6) is 0.912. The van der Waals surface area contributed by atoms with Crippen LogP contribution in [0.1, 0.15) is 36.6 Å². The number of amides is 1. The summed E-state index contributed by atoms with van der Waals surface area (Å²) in [7, 11) is 0. The Hall–Kier alpha value is -2.83. The molecule has 32 heavy (non-hydrogen) atoms. The minimum absolute atomic E-state index is 0.108. The molecular formula is C26H29BrN2O3. The third kappa shape index (κ3) is 6.84. The quantitative estimate of drug-likeness (QED) is 0.360. The highest BCUT2D eigenvalue weighted by Gasteiger charge is 2.14. The second kappa shape index (κ2) is 11.7. The summed E-state index contributed by atoms with van der Waals surface area (Å²) in [4.78, 5) is 12.3. The Balaban J connectivity index is 1.63. The summed E-state index contributed by atoms with van der Waals surface area (Å²) >= 11 is 3.63. The zero-order valence-electron chi connectivity index (χ0n) is 18.7. The number of halogens is 1. The van der Waals surface area contributed by atoms with Gasteiger partial charge in [0.05, 0.1) is 6.61 Å². The Morgan fingerprint density at radius 1 is 1.00 bits per heavy atom. The summed E-state index contributed by atoms with van der Waals surface area (Å²) in [6.07, 6.45) is 0. The van der Waals surface area contributed by atoms with Crippen molar-refractivity contribution in [3.63, 3.8) is 0 Å². The summed E-state index contributed by atoms with van der Waals surface area (Å²) < 4.78 is 12.5. The summed E-state index contributed by atoms with van der Waals surface area (Å²) in [6.45, 7) is 7.11. The van der Waals surface area contributed by atoms with E-state index in [0.717, 1.165) is 21.3 Å². The lowest BCUT2D eigenvalue weighted by molar-refractivity contribution is -0.118. The first-order valence-corrected chi connectivity index (χ1v) is 11.5. The number of rotatable bonds is 10. The molecule has 168 valence electrons. The van der Waals surface area contributed by atoms with Crippen molar-refractivity contribution in [3.05, 3.63) is 87.9 Å². The molecule has 0 aromatic heterocycles. The van der Waals surface area contributed by atoms with Crippen molar-refractivity contribution in [2.75, 3.05) is 18.5 Å². The highest BCUT2D eigenvalue weighted by molar-refractivity contribution is 9.10. The molecule has 0 spiro atoms. The van der Waals surface area contributed by atoms with Crippen LogP contribution < -0.4 is 20.1 Å². The molecule has 3 aromatic carbocycles. The average molecular weight is 497 g/mol. The highest BCUT2D eigenvalue weighted by Crippen LogP contribution is 2.34. The van der Waals surface area contributed by atoms with Crippen molar-refractivity contribution in [1.29, 1.82) is 0 Å². The van der Waals surface area contributed by atoms with Crippen LogP contribution in [0.25, 0.3) is 0 Å². The van der Waals surface area contributed by atoms with Gasteiger partial charge in [0.1, 0.15) is 0 Å². The second-order valence-electron chi connectivity index (χ2n) is 7.54. The largest absolute Gasteiger partial charge is 0.490 e. The zero-order chi connectivity index (χ0) is 22.9. The van der Waals surface area contributed by atoms with Crippen LogP contribution in [-0.4, -0.2) is 19.1 Å². The Morgan fingerprint density at radius 2 is 1.69 bits per heavy atom. The normalized spacial score (nSPS) is 11.6. The van der Waals surface area contributed by atoms with Crippen LogP contribution >= 0.6 is 15.9 Å². The van der Waals surface area contributed by atoms with E-state index < -0.39 is 0 Å². The molecule has 0 heterocycles. The zero-order valence-corrected chi connectivity index (χ0v) is 20.2. The van der Waals surface area contributed by atoms with Gasteiger partial charge in [0.25, 0.3) is 5.91 Å². The molecule has 0 aliphatic heterocycles. The van der Waals surface area contributed by atoms with E-state index in [0.29, 0.717) is 24.7 Å². The predicted octanol–water partition coefficient (Wildman–Crippen LogP) is 6.02. The molecule has 0 fully saturated rings. The van der Waals surface area contributed by atoms with Gasteiger partial charge < -0.3 is 20.1 Å². The van der Waals surface area contributed by atoms with Crippen molar-refractivity contribution in [3.8, 4) is 11.5 Å². The second-order valence-corrected chi connectivity index (χ2v) is 8.39. The summed E-state index contributed by atoms with van der Waals surface area (Å²) in [5.41, 5.74) is 4.16. The molecule has 6 heteroatoms.